The van der Waals surface area contributed by atoms with E-state index < -0.39 is 4.92 Å². The van der Waals surface area contributed by atoms with E-state index in [1.807, 2.05) is 48.5 Å². The average molecular weight is 369 g/mol. The number of hydrazone groups is 1. The fourth-order valence-corrected chi connectivity index (χ4v) is 2.99. The van der Waals surface area contributed by atoms with Crippen molar-refractivity contribution < 1.29 is 9.72 Å². The first-order valence-electron chi connectivity index (χ1n) is 8.63. The summed E-state index contributed by atoms with van der Waals surface area (Å²) in [6, 6.07) is 24.7. The number of nitro benzene ring substituents is 1. The number of non-ortho nitro benzene ring substituents is 1. The van der Waals surface area contributed by atoms with E-state index in [9.17, 15) is 14.9 Å². The lowest BCUT2D eigenvalue weighted by Gasteiger charge is -2.10. The van der Waals surface area contributed by atoms with E-state index in [-0.39, 0.29) is 11.6 Å². The third kappa shape index (κ3) is 3.31. The van der Waals surface area contributed by atoms with Gasteiger partial charge in [-0.3, -0.25) is 14.9 Å². The molecule has 3 aromatic rings. The fraction of sp³-hybridized carbons (Fsp3) is 0. The summed E-state index contributed by atoms with van der Waals surface area (Å²) >= 11 is 0. The lowest BCUT2D eigenvalue weighted by atomic mass is 10.00. The van der Waals surface area contributed by atoms with Crippen molar-refractivity contribution in [1.82, 2.24) is 0 Å². The van der Waals surface area contributed by atoms with E-state index in [0.717, 1.165) is 5.56 Å². The van der Waals surface area contributed by atoms with Gasteiger partial charge in [0, 0.05) is 17.7 Å². The molecule has 0 spiro atoms. The van der Waals surface area contributed by atoms with Crippen molar-refractivity contribution in [3.05, 3.63) is 112 Å². The lowest BCUT2D eigenvalue weighted by Crippen LogP contribution is -2.21. The molecular formula is C22H15N3O3. The predicted octanol–water partition coefficient (Wildman–Crippen LogP) is 4.43. The molecule has 28 heavy (non-hydrogen) atoms. The number of carbonyl (C=O) groups excluding carboxylic acids is 1. The Kier molecular flexibility index (Phi) is 4.51. The highest BCUT2D eigenvalue weighted by Gasteiger charge is 2.31. The Morgan fingerprint density at radius 2 is 1.57 bits per heavy atom. The van der Waals surface area contributed by atoms with Crippen molar-refractivity contribution in [1.29, 1.82) is 0 Å². The molecule has 1 aliphatic heterocycles. The monoisotopic (exact) mass is 369 g/mol. The smallest absolute Gasteiger partial charge is 0.267 e. The average Bonchev–Trinajstić information content (AvgIpc) is 3.06. The molecule has 0 N–H and O–H groups in total. The molecule has 0 atom stereocenters. The zero-order valence-corrected chi connectivity index (χ0v) is 14.7. The van der Waals surface area contributed by atoms with Gasteiger partial charge in [0.05, 0.1) is 16.2 Å². The molecule has 0 aliphatic carbocycles. The zero-order valence-electron chi connectivity index (χ0n) is 14.7. The van der Waals surface area contributed by atoms with Crippen LogP contribution in [0.2, 0.25) is 0 Å². The molecule has 0 radical (unpaired) electrons. The Morgan fingerprint density at radius 3 is 2.25 bits per heavy atom. The molecule has 0 saturated heterocycles. The maximum absolute atomic E-state index is 13.1. The summed E-state index contributed by atoms with van der Waals surface area (Å²) in [5.74, 6) is -0.281. The van der Waals surface area contributed by atoms with E-state index >= 15 is 0 Å². The Labute approximate surface area is 161 Å². The van der Waals surface area contributed by atoms with Crippen LogP contribution in [0.4, 0.5) is 11.4 Å². The van der Waals surface area contributed by atoms with Crippen LogP contribution in [-0.4, -0.2) is 16.5 Å². The summed E-state index contributed by atoms with van der Waals surface area (Å²) < 4.78 is 0. The predicted molar refractivity (Wildman–Crippen MR) is 108 cm³/mol. The molecule has 4 rings (SSSR count). The molecule has 0 saturated carbocycles. The molecule has 1 amide bonds. The van der Waals surface area contributed by atoms with E-state index in [1.165, 1.54) is 17.1 Å². The first-order chi connectivity index (χ1) is 13.6. The van der Waals surface area contributed by atoms with Gasteiger partial charge in [-0.05, 0) is 23.8 Å². The topological polar surface area (TPSA) is 75.8 Å². The molecule has 0 unspecified atom stereocenters. The Balaban J connectivity index is 1.82. The highest BCUT2D eigenvalue weighted by Crippen LogP contribution is 2.28. The summed E-state index contributed by atoms with van der Waals surface area (Å²) in [6.45, 7) is 0. The van der Waals surface area contributed by atoms with Crippen LogP contribution in [0.1, 0.15) is 11.1 Å². The van der Waals surface area contributed by atoms with Crippen molar-refractivity contribution in [2.45, 2.75) is 0 Å². The highest BCUT2D eigenvalue weighted by molar-refractivity contribution is 6.37. The summed E-state index contributed by atoms with van der Waals surface area (Å²) in [6.07, 6.45) is 1.64. The van der Waals surface area contributed by atoms with Crippen molar-refractivity contribution in [3.63, 3.8) is 0 Å². The first-order valence-corrected chi connectivity index (χ1v) is 8.63. The van der Waals surface area contributed by atoms with Crippen LogP contribution >= 0.6 is 0 Å². The van der Waals surface area contributed by atoms with E-state index in [1.54, 1.807) is 30.3 Å². The van der Waals surface area contributed by atoms with Gasteiger partial charge in [0.2, 0.25) is 0 Å². The highest BCUT2D eigenvalue weighted by atomic mass is 16.6. The summed E-state index contributed by atoms with van der Waals surface area (Å²) in [7, 11) is 0. The first kappa shape index (κ1) is 17.4. The van der Waals surface area contributed by atoms with Crippen LogP contribution in [0, 0.1) is 10.1 Å². The van der Waals surface area contributed by atoms with Crippen molar-refractivity contribution in [2.24, 2.45) is 5.10 Å². The van der Waals surface area contributed by atoms with E-state index in [2.05, 4.69) is 5.10 Å². The van der Waals surface area contributed by atoms with Crippen LogP contribution in [0.3, 0.4) is 0 Å². The molecule has 3 aromatic carbocycles. The Hall–Kier alpha value is -4.06. The second-order valence-corrected chi connectivity index (χ2v) is 6.18. The number of nitro groups is 1. The summed E-state index contributed by atoms with van der Waals surface area (Å²) in [4.78, 5) is 23.7. The van der Waals surface area contributed by atoms with Gasteiger partial charge in [0.15, 0.2) is 0 Å². The number of benzene rings is 3. The van der Waals surface area contributed by atoms with Crippen molar-refractivity contribution in [3.8, 4) is 0 Å². The number of hydrogen-bond donors (Lipinski definition) is 0. The fourth-order valence-electron chi connectivity index (χ4n) is 2.99. The summed E-state index contributed by atoms with van der Waals surface area (Å²) in [5.41, 5.74) is 2.90. The van der Waals surface area contributed by atoms with Gasteiger partial charge in [0.1, 0.15) is 5.71 Å². The maximum Gasteiger partial charge on any atom is 0.281 e. The van der Waals surface area contributed by atoms with Crippen LogP contribution in [-0.2, 0) is 4.79 Å². The number of carbonyl (C=O) groups is 1. The Bertz CT molecular complexity index is 1110. The van der Waals surface area contributed by atoms with E-state index in [0.29, 0.717) is 22.5 Å². The standard InChI is InChI=1S/C22H15N3O3/c26-22-20(15-16-8-7-13-19(14-16)25(27)28)21(17-9-3-1-4-10-17)23-24(22)18-11-5-2-6-12-18/h1-15H/b20-15-. The molecule has 1 heterocycles. The van der Waals surface area contributed by atoms with Gasteiger partial charge >= 0.3 is 0 Å². The number of hydrogen-bond acceptors (Lipinski definition) is 4. The molecule has 0 aromatic heterocycles. The molecule has 136 valence electrons. The molecule has 6 heteroatoms. The quantitative estimate of drug-likeness (QED) is 0.388. The van der Waals surface area contributed by atoms with Gasteiger partial charge in [-0.15, -0.1) is 0 Å². The number of rotatable bonds is 4. The summed E-state index contributed by atoms with van der Waals surface area (Å²) in [5, 5.41) is 17.0. The van der Waals surface area contributed by atoms with Gasteiger partial charge in [-0.1, -0.05) is 60.7 Å². The third-order valence-corrected chi connectivity index (χ3v) is 4.32. The zero-order chi connectivity index (χ0) is 19.5. The maximum atomic E-state index is 13.1. The minimum absolute atomic E-state index is 0.0297. The van der Waals surface area contributed by atoms with Gasteiger partial charge < -0.3 is 0 Å². The molecule has 0 fully saturated rings. The largest absolute Gasteiger partial charge is 0.281 e. The minimum Gasteiger partial charge on any atom is -0.267 e. The Morgan fingerprint density at radius 1 is 0.893 bits per heavy atom. The number of nitrogens with zero attached hydrogens (tertiary/aromatic N) is 3. The van der Waals surface area contributed by atoms with Crippen molar-refractivity contribution in [2.75, 3.05) is 5.01 Å². The van der Waals surface area contributed by atoms with Gasteiger partial charge in [0.25, 0.3) is 11.6 Å². The molecule has 1 aliphatic rings. The number of anilines is 1. The molecular weight excluding hydrogens is 354 g/mol. The van der Waals surface area contributed by atoms with Crippen molar-refractivity contribution >= 4 is 29.1 Å². The van der Waals surface area contributed by atoms with Crippen LogP contribution < -0.4 is 5.01 Å². The molecule has 0 bridgehead atoms. The van der Waals surface area contributed by atoms with Crippen LogP contribution in [0.15, 0.2) is 95.6 Å². The second-order valence-electron chi connectivity index (χ2n) is 6.18. The number of para-hydroxylation sites is 1. The van der Waals surface area contributed by atoms with Crippen LogP contribution in [0.5, 0.6) is 0 Å². The normalized spacial score (nSPS) is 15.0. The molecule has 6 nitrogen and oxygen atoms in total. The van der Waals surface area contributed by atoms with Crippen LogP contribution in [0.25, 0.3) is 6.08 Å². The number of amides is 1. The third-order valence-electron chi connectivity index (χ3n) is 4.32. The van der Waals surface area contributed by atoms with Gasteiger partial charge in [-0.2, -0.15) is 10.1 Å². The SMILES string of the molecule is O=C1/C(=C\c2cccc([N+](=O)[O-])c2)C(c2ccccc2)=NN1c1ccccc1. The lowest BCUT2D eigenvalue weighted by molar-refractivity contribution is -0.384. The van der Waals surface area contributed by atoms with E-state index in [4.69, 9.17) is 0 Å². The minimum atomic E-state index is -0.457. The second kappa shape index (κ2) is 7.28. The van der Waals surface area contributed by atoms with Gasteiger partial charge in [-0.25, -0.2) is 0 Å².